The Morgan fingerprint density at radius 3 is 2.75 bits per heavy atom. The smallest absolute Gasteiger partial charge is 0.185 e. The molecule has 1 aromatic heterocycles. The lowest BCUT2D eigenvalue weighted by atomic mass is 10.0. The molecule has 0 aliphatic carbocycles. The van der Waals surface area contributed by atoms with E-state index in [1.54, 1.807) is 0 Å². The minimum atomic E-state index is -1.15. The Morgan fingerprint density at radius 2 is 2.17 bits per heavy atom. The second kappa shape index (κ2) is 7.90. The molecule has 1 heterocycles. The van der Waals surface area contributed by atoms with Crippen LogP contribution in [0.1, 0.15) is 17.8 Å². The zero-order chi connectivity index (χ0) is 17.7. The van der Waals surface area contributed by atoms with Gasteiger partial charge in [0.05, 0.1) is 23.9 Å². The molecule has 124 valence electrons. The third kappa shape index (κ3) is 3.72. The molecule has 7 heteroatoms. The quantitative estimate of drug-likeness (QED) is 0.713. The molecule has 2 atom stereocenters. The summed E-state index contributed by atoms with van der Waals surface area (Å²) in [7, 11) is 0. The highest BCUT2D eigenvalue weighted by molar-refractivity contribution is 7.10. The first-order valence-corrected chi connectivity index (χ1v) is 7.93. The molecule has 0 radical (unpaired) electrons. The number of nitrogens with zero attached hydrogens (tertiary/aromatic N) is 2. The Kier molecular flexibility index (Phi) is 5.90. The molecule has 0 saturated heterocycles. The minimum Gasteiger partial charge on any atom is -0.367 e. The Morgan fingerprint density at radius 1 is 1.50 bits per heavy atom. The van der Waals surface area contributed by atoms with Gasteiger partial charge in [0.1, 0.15) is 22.7 Å². The summed E-state index contributed by atoms with van der Waals surface area (Å²) in [6.45, 7) is 5.19. The maximum atomic E-state index is 13.8. The molecule has 0 saturated carbocycles. The maximum absolute atomic E-state index is 13.8. The predicted octanol–water partition coefficient (Wildman–Crippen LogP) is 3.86. The molecule has 0 aliphatic heterocycles. The average Bonchev–Trinajstić information content (AvgIpc) is 3.02. The van der Waals surface area contributed by atoms with Gasteiger partial charge in [-0.1, -0.05) is 12.1 Å². The van der Waals surface area contributed by atoms with E-state index in [1.807, 2.05) is 6.07 Å². The first kappa shape index (κ1) is 17.9. The van der Waals surface area contributed by atoms with Gasteiger partial charge in [-0.3, -0.25) is 4.79 Å². The molecule has 2 rings (SSSR count). The van der Waals surface area contributed by atoms with E-state index in [0.717, 1.165) is 23.5 Å². The molecular weight excluding hydrogens is 334 g/mol. The SMILES string of the molecule is C=CCO[C@H](C)C(=O)[C@H](C#N)c1nc(-c2c(F)cccc2F)cs1. The number of carbonyl (C=O) groups is 1. The monoisotopic (exact) mass is 348 g/mol. The van der Waals surface area contributed by atoms with Crippen LogP contribution in [0, 0.1) is 23.0 Å². The van der Waals surface area contributed by atoms with Gasteiger partial charge in [-0.05, 0) is 19.1 Å². The Labute approximate surface area is 142 Å². The van der Waals surface area contributed by atoms with E-state index in [0.29, 0.717) is 0 Å². The molecule has 0 N–H and O–H groups in total. The van der Waals surface area contributed by atoms with Crippen molar-refractivity contribution in [3.05, 3.63) is 52.9 Å². The fourth-order valence-corrected chi connectivity index (χ4v) is 2.91. The van der Waals surface area contributed by atoms with E-state index < -0.39 is 29.4 Å². The second-order valence-corrected chi connectivity index (χ2v) is 5.79. The van der Waals surface area contributed by atoms with Crippen LogP contribution in [0.3, 0.4) is 0 Å². The van der Waals surface area contributed by atoms with Crippen molar-refractivity contribution in [2.45, 2.75) is 18.9 Å². The molecule has 0 unspecified atom stereocenters. The van der Waals surface area contributed by atoms with Crippen LogP contribution in [0.4, 0.5) is 8.78 Å². The zero-order valence-electron chi connectivity index (χ0n) is 12.8. The number of thiazole rings is 1. The zero-order valence-corrected chi connectivity index (χ0v) is 13.6. The summed E-state index contributed by atoms with van der Waals surface area (Å²) < 4.78 is 32.9. The van der Waals surface area contributed by atoms with Gasteiger partial charge in [-0.2, -0.15) is 5.26 Å². The molecular formula is C17H14F2N2O2S. The van der Waals surface area contributed by atoms with E-state index in [9.17, 15) is 18.8 Å². The summed E-state index contributed by atoms with van der Waals surface area (Å²) in [5, 5.41) is 10.9. The number of carbonyl (C=O) groups excluding carboxylic acids is 1. The van der Waals surface area contributed by atoms with E-state index in [1.165, 1.54) is 24.4 Å². The maximum Gasteiger partial charge on any atom is 0.185 e. The van der Waals surface area contributed by atoms with Crippen molar-refractivity contribution in [2.24, 2.45) is 0 Å². The van der Waals surface area contributed by atoms with Crippen LogP contribution in [0.5, 0.6) is 0 Å². The van der Waals surface area contributed by atoms with Crippen LogP contribution >= 0.6 is 11.3 Å². The molecule has 0 bridgehead atoms. The number of ketones is 1. The summed E-state index contributed by atoms with van der Waals surface area (Å²) in [6.07, 6.45) is 0.679. The van der Waals surface area contributed by atoms with E-state index in [4.69, 9.17) is 4.74 Å². The highest BCUT2D eigenvalue weighted by atomic mass is 32.1. The first-order valence-electron chi connectivity index (χ1n) is 7.05. The Balaban J connectivity index is 2.30. The van der Waals surface area contributed by atoms with Gasteiger partial charge in [-0.15, -0.1) is 17.9 Å². The number of aromatic nitrogens is 1. The molecule has 2 aromatic rings. The number of hydrogen-bond acceptors (Lipinski definition) is 5. The highest BCUT2D eigenvalue weighted by Gasteiger charge is 2.29. The average molecular weight is 348 g/mol. The number of rotatable bonds is 7. The van der Waals surface area contributed by atoms with Gasteiger partial charge >= 0.3 is 0 Å². The molecule has 0 fully saturated rings. The fraction of sp³-hybridized carbons (Fsp3) is 0.235. The fourth-order valence-electron chi connectivity index (χ4n) is 2.05. The molecule has 0 aliphatic rings. The van der Waals surface area contributed by atoms with Crippen molar-refractivity contribution in [2.75, 3.05) is 6.61 Å². The van der Waals surface area contributed by atoms with E-state index in [2.05, 4.69) is 11.6 Å². The van der Waals surface area contributed by atoms with Crippen LogP contribution in [-0.2, 0) is 9.53 Å². The largest absolute Gasteiger partial charge is 0.367 e. The van der Waals surface area contributed by atoms with Gasteiger partial charge in [-0.25, -0.2) is 13.8 Å². The molecule has 4 nitrogen and oxygen atoms in total. The van der Waals surface area contributed by atoms with Gasteiger partial charge in [0.15, 0.2) is 11.7 Å². The lowest BCUT2D eigenvalue weighted by molar-refractivity contribution is -0.129. The van der Waals surface area contributed by atoms with Crippen molar-refractivity contribution in [3.63, 3.8) is 0 Å². The predicted molar refractivity (Wildman–Crippen MR) is 86.4 cm³/mol. The van der Waals surface area contributed by atoms with Crippen LogP contribution < -0.4 is 0 Å². The topological polar surface area (TPSA) is 63.0 Å². The summed E-state index contributed by atoms with van der Waals surface area (Å²) in [5.41, 5.74) is -0.224. The van der Waals surface area contributed by atoms with Crippen LogP contribution in [0.15, 0.2) is 36.2 Å². The molecule has 1 aromatic carbocycles. The summed E-state index contributed by atoms with van der Waals surface area (Å²) in [4.78, 5) is 16.4. The molecule has 24 heavy (non-hydrogen) atoms. The number of ether oxygens (including phenoxy) is 1. The Hall–Kier alpha value is -2.43. The highest BCUT2D eigenvalue weighted by Crippen LogP contribution is 2.30. The van der Waals surface area contributed by atoms with Gasteiger partial charge < -0.3 is 4.74 Å². The van der Waals surface area contributed by atoms with Crippen molar-refractivity contribution >= 4 is 17.1 Å². The molecule has 0 spiro atoms. The standard InChI is InChI=1S/C17H14F2N2O2S/c1-3-7-23-10(2)16(22)11(8-20)17-21-14(9-24-17)15-12(18)5-4-6-13(15)19/h3-6,9-11H,1,7H2,2H3/t10-,11+/m1/s1. The lowest BCUT2D eigenvalue weighted by Crippen LogP contribution is -2.26. The van der Waals surface area contributed by atoms with Gasteiger partial charge in [0.25, 0.3) is 0 Å². The van der Waals surface area contributed by atoms with Crippen LogP contribution in [0.25, 0.3) is 11.3 Å². The van der Waals surface area contributed by atoms with Crippen molar-refractivity contribution in [3.8, 4) is 17.3 Å². The lowest BCUT2D eigenvalue weighted by Gasteiger charge is -2.12. The Bertz CT molecular complexity index is 778. The summed E-state index contributed by atoms with van der Waals surface area (Å²) in [6, 6.07) is 5.37. The van der Waals surface area contributed by atoms with Gasteiger partial charge in [0, 0.05) is 5.38 Å². The number of Topliss-reactive ketones (excluding diaryl/α,β-unsaturated/α-hetero) is 1. The number of nitriles is 1. The minimum absolute atomic E-state index is 0.0540. The summed E-state index contributed by atoms with van der Waals surface area (Å²) in [5.74, 6) is -3.13. The normalized spacial score (nSPS) is 13.1. The number of hydrogen-bond donors (Lipinski definition) is 0. The van der Waals surface area contributed by atoms with Crippen LogP contribution in [-0.4, -0.2) is 23.5 Å². The number of benzene rings is 1. The van der Waals surface area contributed by atoms with E-state index in [-0.39, 0.29) is 22.9 Å². The van der Waals surface area contributed by atoms with Crippen molar-refractivity contribution < 1.29 is 18.3 Å². The van der Waals surface area contributed by atoms with Gasteiger partial charge in [0.2, 0.25) is 0 Å². The van der Waals surface area contributed by atoms with Crippen LogP contribution in [0.2, 0.25) is 0 Å². The summed E-state index contributed by atoms with van der Waals surface area (Å²) >= 11 is 1.00. The number of halogens is 2. The first-order chi connectivity index (χ1) is 11.5. The molecule has 0 amide bonds. The second-order valence-electron chi connectivity index (χ2n) is 4.90. The van der Waals surface area contributed by atoms with Crippen molar-refractivity contribution in [1.82, 2.24) is 4.98 Å². The third-order valence-electron chi connectivity index (χ3n) is 3.27. The third-order valence-corrected chi connectivity index (χ3v) is 4.18. The van der Waals surface area contributed by atoms with E-state index >= 15 is 0 Å². The van der Waals surface area contributed by atoms with Crippen molar-refractivity contribution in [1.29, 1.82) is 5.26 Å².